The van der Waals surface area contributed by atoms with Gasteiger partial charge in [0.05, 0.1) is 0 Å². The molecule has 44 valence electrons. The molecule has 0 amide bonds. The molecule has 0 aliphatic carbocycles. The Bertz CT molecular complexity index is 92.9. The molecule has 0 bridgehead atoms. The minimum atomic E-state index is -4.67. The van der Waals surface area contributed by atoms with Gasteiger partial charge in [0.1, 0.15) is 0 Å². The first-order valence-corrected chi connectivity index (χ1v) is 2.10. The molecule has 4 nitrogen and oxygen atoms in total. The zero-order valence-electron chi connectivity index (χ0n) is 2.12. The maximum atomic E-state index is 8.74. The van der Waals surface area contributed by atoms with Gasteiger partial charge in [-0.2, -0.15) is 8.42 Å². The fourth-order valence-electron chi connectivity index (χ4n) is 0. The van der Waals surface area contributed by atoms with Gasteiger partial charge < -0.3 is 0 Å². The van der Waals surface area contributed by atoms with Crippen molar-refractivity contribution in [2.75, 3.05) is 0 Å². The van der Waals surface area contributed by atoms with E-state index < -0.39 is 10.4 Å². The molecule has 0 aromatic rings. The Balaban J connectivity index is -0.0000000800. The summed E-state index contributed by atoms with van der Waals surface area (Å²) >= 11 is 0. The van der Waals surface area contributed by atoms with Crippen LogP contribution in [-0.4, -0.2) is 69.2 Å². The first-order valence-electron chi connectivity index (χ1n) is 0.698. The van der Waals surface area contributed by atoms with Crippen molar-refractivity contribution in [3.05, 3.63) is 0 Å². The second kappa shape index (κ2) is 5.74. The summed E-state index contributed by atoms with van der Waals surface area (Å²) in [6, 6.07) is 0. The van der Waals surface area contributed by atoms with E-state index in [0.29, 0.717) is 0 Å². The first kappa shape index (κ1) is 15.8. The molecule has 0 rings (SSSR count). The predicted octanol–water partition coefficient (Wildman–Crippen LogP) is -3.02. The van der Waals surface area contributed by atoms with Gasteiger partial charge in [-0.05, 0) is 0 Å². The van der Waals surface area contributed by atoms with Crippen LogP contribution in [-0.2, 0) is 10.4 Å². The molecule has 7 heavy (non-hydrogen) atoms. The molecule has 2 N–H and O–H groups in total. The van der Waals surface area contributed by atoms with Gasteiger partial charge in [-0.3, -0.25) is 9.11 Å². The van der Waals surface area contributed by atoms with Crippen molar-refractivity contribution in [3.8, 4) is 0 Å². The molecule has 0 fully saturated rings. The Hall–Kier alpha value is 1.61. The molecule has 0 aromatic heterocycles. The fourth-order valence-corrected chi connectivity index (χ4v) is 0. The zero-order chi connectivity index (χ0) is 4.50. The third-order valence-electron chi connectivity index (χ3n) is 0. The molecule has 0 aromatic carbocycles. The zero-order valence-corrected chi connectivity index (χ0v) is 2.94. The van der Waals surface area contributed by atoms with E-state index in [1.54, 1.807) is 0 Å². The van der Waals surface area contributed by atoms with Gasteiger partial charge in [-0.25, -0.2) is 0 Å². The van der Waals surface area contributed by atoms with E-state index in [1.807, 2.05) is 0 Å². The van der Waals surface area contributed by atoms with Crippen molar-refractivity contribution in [2.45, 2.75) is 0 Å². The molecule has 0 saturated carbocycles. The predicted molar refractivity (Wildman–Crippen MR) is 34.1 cm³/mol. The van der Waals surface area contributed by atoms with E-state index in [2.05, 4.69) is 0 Å². The van der Waals surface area contributed by atoms with Crippen molar-refractivity contribution in [2.24, 2.45) is 0 Å². The summed E-state index contributed by atoms with van der Waals surface area (Å²) in [4.78, 5) is 0. The minimum absolute atomic E-state index is 0. The maximum absolute atomic E-state index is 8.74. The summed E-state index contributed by atoms with van der Waals surface area (Å²) in [5, 5.41) is 0. The van der Waals surface area contributed by atoms with Crippen LogP contribution in [0.2, 0.25) is 0 Å². The molecule has 0 radical (unpaired) electrons. The number of hydrogen-bond donors (Lipinski definition) is 2. The standard InChI is InChI=1S/2In.H2O4S.6H/c;;1-5(2,3)4;;;;;;/h;;(H2,1,2,3,4);;;;;;. The second-order valence-corrected chi connectivity index (χ2v) is 1.34. The van der Waals surface area contributed by atoms with E-state index >= 15 is 0 Å². The van der Waals surface area contributed by atoms with Gasteiger partial charge in [0, 0.05) is 0 Å². The molecule has 0 heterocycles. The summed E-state index contributed by atoms with van der Waals surface area (Å²) < 4.78 is 31.6. The summed E-state index contributed by atoms with van der Waals surface area (Å²) in [5.74, 6) is 0. The SMILES string of the molecule is O=S(=O)(O)O.[InH3].[InH3]. The van der Waals surface area contributed by atoms with Gasteiger partial charge in [0.2, 0.25) is 0 Å². The van der Waals surface area contributed by atoms with Gasteiger partial charge in [-0.15, -0.1) is 0 Å². The Morgan fingerprint density at radius 2 is 1.00 bits per heavy atom. The molecule has 0 unspecified atom stereocenters. The monoisotopic (exact) mass is 334 g/mol. The van der Waals surface area contributed by atoms with Crippen LogP contribution in [0.5, 0.6) is 0 Å². The molecule has 7 heteroatoms. The van der Waals surface area contributed by atoms with E-state index in [0.717, 1.165) is 0 Å². The molecular formula is H8In2O4S. The third-order valence-corrected chi connectivity index (χ3v) is 0. The topological polar surface area (TPSA) is 74.6 Å². The van der Waals surface area contributed by atoms with E-state index in [-0.39, 0.29) is 51.7 Å². The van der Waals surface area contributed by atoms with Crippen LogP contribution in [0.1, 0.15) is 0 Å². The summed E-state index contributed by atoms with van der Waals surface area (Å²) in [7, 11) is -4.67. The normalized spacial score (nSPS) is 8.29. The Labute approximate surface area is 78.8 Å². The molecular weight excluding hydrogens is 326 g/mol. The molecule has 0 aliphatic heterocycles. The van der Waals surface area contributed by atoms with Crippen LogP contribution < -0.4 is 0 Å². The molecule has 0 atom stereocenters. The van der Waals surface area contributed by atoms with Crippen molar-refractivity contribution in [3.63, 3.8) is 0 Å². The number of hydrogen-bond acceptors (Lipinski definition) is 2. The van der Waals surface area contributed by atoms with Crippen molar-refractivity contribution < 1.29 is 17.5 Å². The van der Waals surface area contributed by atoms with Gasteiger partial charge in [0.15, 0.2) is 0 Å². The van der Waals surface area contributed by atoms with Crippen molar-refractivity contribution >= 4 is 62.1 Å². The average Bonchev–Trinajstić information content (AvgIpc) is 0.722. The van der Waals surface area contributed by atoms with Gasteiger partial charge in [-0.1, -0.05) is 0 Å². The molecule has 0 spiro atoms. The molecule has 0 saturated heterocycles. The van der Waals surface area contributed by atoms with Crippen molar-refractivity contribution in [1.82, 2.24) is 0 Å². The van der Waals surface area contributed by atoms with Crippen LogP contribution in [0, 0.1) is 0 Å². The Morgan fingerprint density at radius 3 is 1.00 bits per heavy atom. The average molecular weight is 334 g/mol. The van der Waals surface area contributed by atoms with Crippen LogP contribution in [0.15, 0.2) is 0 Å². The van der Waals surface area contributed by atoms with Gasteiger partial charge in [0.25, 0.3) is 0 Å². The van der Waals surface area contributed by atoms with Crippen LogP contribution in [0.25, 0.3) is 0 Å². The van der Waals surface area contributed by atoms with Crippen LogP contribution in [0.3, 0.4) is 0 Å². The van der Waals surface area contributed by atoms with Gasteiger partial charge >= 0.3 is 62.1 Å². The molecule has 0 aliphatic rings. The Kier molecular flexibility index (Phi) is 13.0. The summed E-state index contributed by atoms with van der Waals surface area (Å²) in [6.45, 7) is 0. The van der Waals surface area contributed by atoms with Crippen molar-refractivity contribution in [1.29, 1.82) is 0 Å². The summed E-state index contributed by atoms with van der Waals surface area (Å²) in [5.41, 5.74) is 0. The Morgan fingerprint density at radius 1 is 1.00 bits per heavy atom. The van der Waals surface area contributed by atoms with E-state index in [1.165, 1.54) is 0 Å². The van der Waals surface area contributed by atoms with E-state index in [4.69, 9.17) is 17.5 Å². The van der Waals surface area contributed by atoms with E-state index in [9.17, 15) is 0 Å². The quantitative estimate of drug-likeness (QED) is 0.463. The van der Waals surface area contributed by atoms with Crippen LogP contribution in [0.4, 0.5) is 0 Å². The summed E-state index contributed by atoms with van der Waals surface area (Å²) in [6.07, 6.45) is 0. The fraction of sp³-hybridized carbons (Fsp3) is 0. The number of rotatable bonds is 0. The second-order valence-electron chi connectivity index (χ2n) is 0.448. The first-order chi connectivity index (χ1) is 2.00. The van der Waals surface area contributed by atoms with Crippen LogP contribution >= 0.6 is 0 Å². The third kappa shape index (κ3) is 92.4.